The second-order valence-electron chi connectivity index (χ2n) is 12.5. The van der Waals surface area contributed by atoms with Crippen molar-refractivity contribution < 1.29 is 28.9 Å². The number of aromatic hydroxyl groups is 1. The summed E-state index contributed by atoms with van der Waals surface area (Å²) in [4.78, 5) is 25.3. The molecular weight excluding hydrogens is 556 g/mol. The molecule has 3 aromatic carbocycles. The van der Waals surface area contributed by atoms with Gasteiger partial charge in [0.1, 0.15) is 23.5 Å². The minimum Gasteiger partial charge on any atom is -0.506 e. The van der Waals surface area contributed by atoms with Gasteiger partial charge in [-0.1, -0.05) is 77.9 Å². The highest BCUT2D eigenvalue weighted by Crippen LogP contribution is 2.39. The number of nitrogens with one attached hydrogen (secondary N) is 2. The average Bonchev–Trinajstić information content (AvgIpc) is 3.02. The molecule has 1 atom stereocenters. The van der Waals surface area contributed by atoms with Crippen LogP contribution >= 0.6 is 0 Å². The average molecular weight is 607 g/mol. The van der Waals surface area contributed by atoms with Crippen LogP contribution in [0.4, 0.5) is 0 Å². The molecule has 0 radical (unpaired) electrons. The molecule has 0 aromatic heterocycles. The number of hydrogen-bond donors (Lipinski definition) is 3. The third-order valence-electron chi connectivity index (χ3n) is 8.67. The van der Waals surface area contributed by atoms with E-state index in [2.05, 4.69) is 70.4 Å². The molecule has 0 saturated heterocycles. The van der Waals surface area contributed by atoms with E-state index in [1.807, 2.05) is 0 Å². The van der Waals surface area contributed by atoms with E-state index in [0.29, 0.717) is 36.1 Å². The summed E-state index contributed by atoms with van der Waals surface area (Å²) in [6.45, 7) is 15.9. The Labute approximate surface area is 262 Å². The molecule has 8 nitrogen and oxygen atoms in total. The zero-order valence-corrected chi connectivity index (χ0v) is 27.6. The maximum atomic E-state index is 13.1. The van der Waals surface area contributed by atoms with Gasteiger partial charge in [0.25, 0.3) is 11.8 Å². The summed E-state index contributed by atoms with van der Waals surface area (Å²) >= 11 is 0. The number of unbranched alkanes of at least 4 members (excludes halogenated alkanes) is 1. The van der Waals surface area contributed by atoms with Gasteiger partial charge in [0.05, 0.1) is 12.2 Å². The molecule has 0 spiro atoms. The molecule has 8 heteroatoms. The van der Waals surface area contributed by atoms with Crippen LogP contribution in [0.2, 0.25) is 0 Å². The van der Waals surface area contributed by atoms with Crippen molar-refractivity contribution in [1.29, 1.82) is 0 Å². The number of carbonyl (C=O) groups excluding carboxylic acids is 2. The number of amides is 2. The quantitative estimate of drug-likeness (QED) is 0.120. The van der Waals surface area contributed by atoms with E-state index in [1.165, 1.54) is 24.3 Å². The summed E-state index contributed by atoms with van der Waals surface area (Å²) in [6, 6.07) is 15.1. The molecule has 0 heterocycles. The Hall–Kier alpha value is -3.78. The molecule has 3 aromatic rings. The SMILES string of the molecule is CCC(C)(C)c1ccc(OCCCCNC(=O)c2cc(OCC(=O)NC(C)OC)c3ccccc3c2O)c(C(C)(C)CC)c1. The van der Waals surface area contributed by atoms with Gasteiger partial charge in [-0.15, -0.1) is 0 Å². The van der Waals surface area contributed by atoms with Crippen LogP contribution in [0, 0.1) is 0 Å². The molecule has 0 saturated carbocycles. The Kier molecular flexibility index (Phi) is 12.1. The second-order valence-corrected chi connectivity index (χ2v) is 12.5. The van der Waals surface area contributed by atoms with E-state index in [0.717, 1.165) is 25.0 Å². The van der Waals surface area contributed by atoms with Crippen LogP contribution in [0.25, 0.3) is 10.8 Å². The van der Waals surface area contributed by atoms with Crippen molar-refractivity contribution in [3.63, 3.8) is 0 Å². The van der Waals surface area contributed by atoms with Gasteiger partial charge in [0.15, 0.2) is 6.61 Å². The molecule has 0 fully saturated rings. The lowest BCUT2D eigenvalue weighted by atomic mass is 9.76. The van der Waals surface area contributed by atoms with E-state index in [4.69, 9.17) is 14.2 Å². The van der Waals surface area contributed by atoms with Crippen molar-refractivity contribution in [2.24, 2.45) is 0 Å². The molecular formula is C36H50N2O6. The Bertz CT molecular complexity index is 1430. The van der Waals surface area contributed by atoms with Crippen LogP contribution in [0.5, 0.6) is 17.2 Å². The van der Waals surface area contributed by atoms with Crippen LogP contribution in [0.3, 0.4) is 0 Å². The largest absolute Gasteiger partial charge is 0.506 e. The number of fused-ring (bicyclic) bond motifs is 1. The molecule has 1 unspecified atom stereocenters. The van der Waals surface area contributed by atoms with Crippen molar-refractivity contribution in [1.82, 2.24) is 10.6 Å². The van der Waals surface area contributed by atoms with E-state index < -0.39 is 12.1 Å². The number of benzene rings is 3. The van der Waals surface area contributed by atoms with Gasteiger partial charge in [-0.2, -0.15) is 0 Å². The van der Waals surface area contributed by atoms with Crippen LogP contribution in [-0.2, 0) is 20.4 Å². The predicted molar refractivity (Wildman–Crippen MR) is 176 cm³/mol. The van der Waals surface area contributed by atoms with Gasteiger partial charge < -0.3 is 30.0 Å². The smallest absolute Gasteiger partial charge is 0.259 e. The van der Waals surface area contributed by atoms with E-state index in [-0.39, 0.29) is 34.7 Å². The third-order valence-corrected chi connectivity index (χ3v) is 8.67. The summed E-state index contributed by atoms with van der Waals surface area (Å²) in [7, 11) is 1.49. The molecule has 44 heavy (non-hydrogen) atoms. The summed E-state index contributed by atoms with van der Waals surface area (Å²) in [5.74, 6) is 0.326. The van der Waals surface area contributed by atoms with Crippen molar-refractivity contribution >= 4 is 22.6 Å². The topological polar surface area (TPSA) is 106 Å². The summed E-state index contributed by atoms with van der Waals surface area (Å²) in [6.07, 6.45) is 3.05. The third kappa shape index (κ3) is 8.65. The number of rotatable bonds is 16. The molecule has 2 amide bonds. The Morgan fingerprint density at radius 2 is 1.57 bits per heavy atom. The lowest BCUT2D eigenvalue weighted by molar-refractivity contribution is -0.126. The Balaban J connectivity index is 1.62. The monoisotopic (exact) mass is 606 g/mol. The van der Waals surface area contributed by atoms with Gasteiger partial charge >= 0.3 is 0 Å². The molecule has 3 rings (SSSR count). The second kappa shape index (κ2) is 15.3. The number of carbonyl (C=O) groups is 2. The highest BCUT2D eigenvalue weighted by atomic mass is 16.5. The van der Waals surface area contributed by atoms with E-state index in [9.17, 15) is 14.7 Å². The van der Waals surface area contributed by atoms with Crippen molar-refractivity contribution in [2.45, 2.75) is 91.2 Å². The van der Waals surface area contributed by atoms with Gasteiger partial charge in [-0.25, -0.2) is 0 Å². The van der Waals surface area contributed by atoms with Gasteiger partial charge in [-0.05, 0) is 61.1 Å². The zero-order valence-electron chi connectivity index (χ0n) is 27.6. The van der Waals surface area contributed by atoms with Crippen molar-refractivity contribution in [3.8, 4) is 17.2 Å². The Morgan fingerprint density at radius 3 is 2.23 bits per heavy atom. The molecule has 3 N–H and O–H groups in total. The number of hydrogen-bond acceptors (Lipinski definition) is 6. The summed E-state index contributed by atoms with van der Waals surface area (Å²) in [5, 5.41) is 17.5. The van der Waals surface area contributed by atoms with Crippen molar-refractivity contribution in [3.05, 3.63) is 65.2 Å². The fraction of sp³-hybridized carbons (Fsp3) is 0.500. The van der Waals surface area contributed by atoms with Gasteiger partial charge in [0.2, 0.25) is 0 Å². The minimum atomic E-state index is -0.460. The van der Waals surface area contributed by atoms with E-state index in [1.54, 1.807) is 31.2 Å². The van der Waals surface area contributed by atoms with Gasteiger partial charge in [-0.3, -0.25) is 9.59 Å². The lowest BCUT2D eigenvalue weighted by Crippen LogP contribution is -2.37. The number of methoxy groups -OCH3 is 1. The number of ether oxygens (including phenoxy) is 3. The summed E-state index contributed by atoms with van der Waals surface area (Å²) in [5.41, 5.74) is 2.71. The molecule has 0 bridgehead atoms. The lowest BCUT2D eigenvalue weighted by Gasteiger charge is -2.30. The van der Waals surface area contributed by atoms with Crippen LogP contribution < -0.4 is 20.1 Å². The minimum absolute atomic E-state index is 0.0142. The maximum Gasteiger partial charge on any atom is 0.259 e. The van der Waals surface area contributed by atoms with Crippen LogP contribution in [-0.4, -0.2) is 50.0 Å². The normalized spacial score (nSPS) is 12.5. The van der Waals surface area contributed by atoms with Crippen LogP contribution in [0.1, 0.15) is 95.6 Å². The first-order valence-electron chi connectivity index (χ1n) is 15.6. The first-order chi connectivity index (χ1) is 20.8. The summed E-state index contributed by atoms with van der Waals surface area (Å²) < 4.78 is 17.1. The highest BCUT2D eigenvalue weighted by Gasteiger charge is 2.26. The standard InChI is InChI=1S/C36H50N2O6/c1-9-35(4,5)25-17-18-30(29(21-25)36(6,7)10-2)43-20-14-13-19-37-34(41)28-22-31(44-23-32(39)38-24(3)42-8)26-15-11-12-16-27(26)33(28)40/h11-12,15-18,21-22,24,40H,9-10,13-14,19-20,23H2,1-8H3,(H,37,41)(H,38,39). The van der Waals surface area contributed by atoms with Crippen LogP contribution in [0.15, 0.2) is 48.5 Å². The molecule has 0 aliphatic rings. The molecule has 0 aliphatic heterocycles. The van der Waals surface area contributed by atoms with Crippen molar-refractivity contribution in [2.75, 3.05) is 26.9 Å². The van der Waals surface area contributed by atoms with Gasteiger partial charge in [0, 0.05) is 30.0 Å². The zero-order chi connectivity index (χ0) is 32.5. The molecule has 240 valence electrons. The number of phenolic OH excluding ortho intramolecular Hbond substituents is 1. The predicted octanol–water partition coefficient (Wildman–Crippen LogP) is 7.00. The number of phenols is 1. The van der Waals surface area contributed by atoms with E-state index >= 15 is 0 Å². The first kappa shape index (κ1) is 34.7. The molecule has 0 aliphatic carbocycles. The first-order valence-corrected chi connectivity index (χ1v) is 15.6. The maximum absolute atomic E-state index is 13.1. The highest BCUT2D eigenvalue weighted by molar-refractivity contribution is 6.05. The Morgan fingerprint density at radius 1 is 0.886 bits per heavy atom. The fourth-order valence-corrected chi connectivity index (χ4v) is 4.80. The fourth-order valence-electron chi connectivity index (χ4n) is 4.80.